The molecule has 0 spiro atoms. The molecule has 0 atom stereocenters. The van der Waals surface area contributed by atoms with E-state index in [1.807, 2.05) is 0 Å². The number of ether oxygens (including phenoxy) is 1. The van der Waals surface area contributed by atoms with Gasteiger partial charge >= 0.3 is 5.97 Å². The zero-order valence-corrected chi connectivity index (χ0v) is 13.8. The highest BCUT2D eigenvalue weighted by molar-refractivity contribution is 6.31. The molecule has 0 amide bonds. The largest absolute Gasteiger partial charge is 0.465 e. The Kier molecular flexibility index (Phi) is 4.27. The number of carbonyl (C=O) groups is 2. The Hall–Kier alpha value is -2.79. The van der Waals surface area contributed by atoms with E-state index in [9.17, 15) is 9.59 Å². The Bertz CT molecular complexity index is 848. The summed E-state index contributed by atoms with van der Waals surface area (Å²) in [6.45, 7) is 1.70. The summed E-state index contributed by atoms with van der Waals surface area (Å²) in [6.07, 6.45) is 3.11. The van der Waals surface area contributed by atoms with Gasteiger partial charge in [0.1, 0.15) is 11.3 Å². The van der Waals surface area contributed by atoms with E-state index in [4.69, 9.17) is 20.8 Å². The molecule has 1 aromatic heterocycles. The summed E-state index contributed by atoms with van der Waals surface area (Å²) >= 11 is 5.94. The minimum Gasteiger partial charge on any atom is -0.465 e. The Labute approximate surface area is 143 Å². The summed E-state index contributed by atoms with van der Waals surface area (Å²) in [7, 11) is 1.25. The maximum absolute atomic E-state index is 12.8. The van der Waals surface area contributed by atoms with E-state index < -0.39 is 11.8 Å². The average Bonchev–Trinajstić information content (AvgIpc) is 3.16. The Morgan fingerprint density at radius 2 is 1.96 bits per heavy atom. The summed E-state index contributed by atoms with van der Waals surface area (Å²) in [6, 6.07) is 10.4. The van der Waals surface area contributed by atoms with Crippen LogP contribution in [0.15, 0.2) is 64.0 Å². The number of anilines is 1. The highest BCUT2D eigenvalue weighted by Gasteiger charge is 2.38. The molecule has 0 unspecified atom stereocenters. The molecule has 0 aliphatic carbocycles. The van der Waals surface area contributed by atoms with Crippen molar-refractivity contribution in [3.8, 4) is 0 Å². The lowest BCUT2D eigenvalue weighted by atomic mass is 10.1. The van der Waals surface area contributed by atoms with Crippen LogP contribution in [0.3, 0.4) is 0 Å². The Morgan fingerprint density at radius 1 is 1.25 bits per heavy atom. The lowest BCUT2D eigenvalue weighted by molar-refractivity contribution is -0.137. The molecule has 6 heteroatoms. The number of rotatable bonds is 3. The van der Waals surface area contributed by atoms with Crippen LogP contribution in [0.5, 0.6) is 0 Å². The highest BCUT2D eigenvalue weighted by atomic mass is 35.5. The van der Waals surface area contributed by atoms with Gasteiger partial charge in [0.15, 0.2) is 0 Å². The second kappa shape index (κ2) is 6.37. The van der Waals surface area contributed by atoms with Crippen molar-refractivity contribution in [3.05, 3.63) is 70.4 Å². The topological polar surface area (TPSA) is 59.8 Å². The molecule has 0 fully saturated rings. The van der Waals surface area contributed by atoms with Gasteiger partial charge in [-0.25, -0.2) is 4.79 Å². The first-order chi connectivity index (χ1) is 11.5. The second-order valence-corrected chi connectivity index (χ2v) is 5.57. The molecule has 1 aliphatic heterocycles. The monoisotopic (exact) mass is 343 g/mol. The van der Waals surface area contributed by atoms with Gasteiger partial charge < -0.3 is 14.1 Å². The van der Waals surface area contributed by atoms with E-state index in [0.29, 0.717) is 27.9 Å². The van der Waals surface area contributed by atoms with Crippen molar-refractivity contribution in [1.29, 1.82) is 0 Å². The van der Waals surface area contributed by atoms with Crippen LogP contribution in [0.25, 0.3) is 6.08 Å². The Balaban J connectivity index is 2.15. The van der Waals surface area contributed by atoms with E-state index in [1.165, 1.54) is 13.4 Å². The van der Waals surface area contributed by atoms with Crippen LogP contribution < -0.4 is 4.90 Å². The van der Waals surface area contributed by atoms with Crippen molar-refractivity contribution in [2.75, 3.05) is 12.0 Å². The van der Waals surface area contributed by atoms with Gasteiger partial charge in [0.05, 0.1) is 19.1 Å². The fourth-order valence-electron chi connectivity index (χ4n) is 2.59. The fourth-order valence-corrected chi connectivity index (χ4v) is 2.72. The third-order valence-electron chi connectivity index (χ3n) is 3.69. The van der Waals surface area contributed by atoms with Crippen molar-refractivity contribution in [2.45, 2.75) is 6.92 Å². The summed E-state index contributed by atoms with van der Waals surface area (Å²) < 4.78 is 10.0. The molecule has 5 nitrogen and oxygen atoms in total. The second-order valence-electron chi connectivity index (χ2n) is 5.14. The molecule has 0 radical (unpaired) electrons. The maximum atomic E-state index is 12.8. The number of furan rings is 1. The average molecular weight is 344 g/mol. The van der Waals surface area contributed by atoms with Crippen molar-refractivity contribution in [2.24, 2.45) is 0 Å². The highest BCUT2D eigenvalue weighted by Crippen LogP contribution is 2.36. The van der Waals surface area contributed by atoms with Gasteiger partial charge in [-0.3, -0.25) is 4.79 Å². The number of hydrogen-bond donors (Lipinski definition) is 0. The molecule has 0 N–H and O–H groups in total. The van der Waals surface area contributed by atoms with Crippen LogP contribution in [-0.4, -0.2) is 18.9 Å². The van der Waals surface area contributed by atoms with Gasteiger partial charge in [-0.1, -0.05) is 11.6 Å². The van der Waals surface area contributed by atoms with Crippen LogP contribution in [0.1, 0.15) is 12.7 Å². The predicted octanol–water partition coefficient (Wildman–Crippen LogP) is 3.81. The smallest absolute Gasteiger partial charge is 0.343 e. The molecule has 0 bridgehead atoms. The molecular formula is C18H14ClNO4. The van der Waals surface area contributed by atoms with Crippen LogP contribution in [0, 0.1) is 0 Å². The molecule has 24 heavy (non-hydrogen) atoms. The van der Waals surface area contributed by atoms with Gasteiger partial charge in [0.25, 0.3) is 0 Å². The number of ketones is 1. The zero-order valence-electron chi connectivity index (χ0n) is 13.1. The van der Waals surface area contributed by atoms with Gasteiger partial charge in [-0.05, 0) is 43.3 Å². The van der Waals surface area contributed by atoms with Crippen molar-refractivity contribution in [1.82, 2.24) is 0 Å². The van der Waals surface area contributed by atoms with Crippen LogP contribution in [-0.2, 0) is 14.3 Å². The lowest BCUT2D eigenvalue weighted by Crippen LogP contribution is -2.18. The van der Waals surface area contributed by atoms with Gasteiger partial charge in [-0.15, -0.1) is 0 Å². The van der Waals surface area contributed by atoms with E-state index in [0.717, 1.165) is 0 Å². The number of hydrogen-bond acceptors (Lipinski definition) is 5. The first-order valence-electron chi connectivity index (χ1n) is 7.17. The summed E-state index contributed by atoms with van der Waals surface area (Å²) in [5, 5.41) is 0.579. The van der Waals surface area contributed by atoms with Crippen molar-refractivity contribution >= 4 is 35.1 Å². The SMILES string of the molecule is COC(=O)C1=C(C)N(c2ccc(Cl)cc2)C(=Cc2ccco2)C1=O. The number of halogens is 1. The minimum atomic E-state index is -0.667. The van der Waals surface area contributed by atoms with Gasteiger partial charge in [-0.2, -0.15) is 0 Å². The molecule has 0 saturated carbocycles. The number of allylic oxidation sites excluding steroid dienone is 2. The first kappa shape index (κ1) is 16.1. The van der Waals surface area contributed by atoms with E-state index in [1.54, 1.807) is 54.3 Å². The van der Waals surface area contributed by atoms with Crippen molar-refractivity contribution < 1.29 is 18.7 Å². The molecule has 122 valence electrons. The number of benzene rings is 1. The summed E-state index contributed by atoms with van der Waals surface area (Å²) in [5.41, 5.74) is 1.52. The molecule has 2 aromatic rings. The maximum Gasteiger partial charge on any atom is 0.343 e. The Morgan fingerprint density at radius 3 is 2.54 bits per heavy atom. The number of nitrogens with zero attached hydrogens (tertiary/aromatic N) is 1. The number of methoxy groups -OCH3 is 1. The van der Waals surface area contributed by atoms with E-state index in [2.05, 4.69) is 0 Å². The van der Waals surface area contributed by atoms with Crippen LogP contribution in [0.4, 0.5) is 5.69 Å². The van der Waals surface area contributed by atoms with Gasteiger partial charge in [0.2, 0.25) is 5.78 Å². The van der Waals surface area contributed by atoms with E-state index in [-0.39, 0.29) is 5.57 Å². The number of carbonyl (C=O) groups excluding carboxylic acids is 2. The normalized spacial score (nSPS) is 16.2. The molecule has 2 heterocycles. The quantitative estimate of drug-likeness (QED) is 0.482. The number of esters is 1. The molecular weight excluding hydrogens is 330 g/mol. The fraction of sp³-hybridized carbons (Fsp3) is 0.111. The summed E-state index contributed by atoms with van der Waals surface area (Å²) in [5.74, 6) is -0.568. The predicted molar refractivity (Wildman–Crippen MR) is 90.3 cm³/mol. The van der Waals surface area contributed by atoms with Crippen LogP contribution in [0.2, 0.25) is 5.02 Å². The van der Waals surface area contributed by atoms with E-state index >= 15 is 0 Å². The standard InChI is InChI=1S/C18H14ClNO4/c1-11-16(18(22)23-2)17(21)15(10-14-4-3-9-24-14)20(11)13-7-5-12(19)6-8-13/h3-10H,1-2H3. The number of Topliss-reactive ketones (excluding diaryl/α,β-unsaturated/α-hetero) is 1. The summed E-state index contributed by atoms with van der Waals surface area (Å²) in [4.78, 5) is 26.5. The molecule has 1 aromatic carbocycles. The lowest BCUT2D eigenvalue weighted by Gasteiger charge is -2.21. The molecule has 0 saturated heterocycles. The third kappa shape index (κ3) is 2.74. The first-order valence-corrected chi connectivity index (χ1v) is 7.55. The van der Waals surface area contributed by atoms with Crippen LogP contribution >= 0.6 is 11.6 Å². The van der Waals surface area contributed by atoms with Gasteiger partial charge in [0, 0.05) is 22.5 Å². The van der Waals surface area contributed by atoms with Crippen molar-refractivity contribution in [3.63, 3.8) is 0 Å². The zero-order chi connectivity index (χ0) is 17.3. The third-order valence-corrected chi connectivity index (χ3v) is 3.95. The molecule has 1 aliphatic rings. The minimum absolute atomic E-state index is 0.00487. The molecule has 3 rings (SSSR count).